The number of amidine groups is 1. The molecule has 0 aromatic heterocycles. The predicted octanol–water partition coefficient (Wildman–Crippen LogP) is 3.81. The molecule has 28 heavy (non-hydrogen) atoms. The minimum atomic E-state index is -0.600. The molecule has 2 aromatic rings. The highest BCUT2D eigenvalue weighted by Crippen LogP contribution is 2.30. The summed E-state index contributed by atoms with van der Waals surface area (Å²) in [6.07, 6.45) is 0.0862. The maximum atomic E-state index is 13.1. The Bertz CT molecular complexity index is 885. The van der Waals surface area contributed by atoms with Crippen molar-refractivity contribution < 1.29 is 18.7 Å². The summed E-state index contributed by atoms with van der Waals surface area (Å²) in [7, 11) is 1.57. The largest absolute Gasteiger partial charge is 0.497 e. The molecular weight excluding hydrogens is 381 g/mol. The van der Waals surface area contributed by atoms with Crippen LogP contribution in [0, 0.1) is 5.82 Å². The Balaban J connectivity index is 1.77. The Labute approximate surface area is 166 Å². The van der Waals surface area contributed by atoms with Gasteiger partial charge in [-0.25, -0.2) is 9.38 Å². The van der Waals surface area contributed by atoms with Gasteiger partial charge in [0.15, 0.2) is 5.17 Å². The number of methoxy groups -OCH3 is 1. The quantitative estimate of drug-likeness (QED) is 0.827. The van der Waals surface area contributed by atoms with Crippen LogP contribution in [-0.2, 0) is 9.59 Å². The van der Waals surface area contributed by atoms with E-state index in [0.29, 0.717) is 28.8 Å². The summed E-state index contributed by atoms with van der Waals surface area (Å²) in [5.41, 5.74) is 1.14. The molecule has 1 atom stereocenters. The van der Waals surface area contributed by atoms with Crippen LogP contribution in [-0.4, -0.2) is 40.8 Å². The van der Waals surface area contributed by atoms with Crippen LogP contribution in [0.5, 0.6) is 5.75 Å². The number of nitrogens with one attached hydrogen (secondary N) is 1. The van der Waals surface area contributed by atoms with Gasteiger partial charge in [0.25, 0.3) is 0 Å². The molecule has 1 saturated heterocycles. The van der Waals surface area contributed by atoms with Crippen LogP contribution in [0.2, 0.25) is 0 Å². The average molecular weight is 401 g/mol. The number of aliphatic imine (C=N–C) groups is 1. The van der Waals surface area contributed by atoms with Gasteiger partial charge in [0.2, 0.25) is 11.8 Å². The summed E-state index contributed by atoms with van der Waals surface area (Å²) in [6, 6.07) is 12.6. The van der Waals surface area contributed by atoms with Gasteiger partial charge in [-0.15, -0.1) is 0 Å². The molecule has 1 aliphatic rings. The van der Waals surface area contributed by atoms with E-state index < -0.39 is 5.25 Å². The van der Waals surface area contributed by atoms with Gasteiger partial charge < -0.3 is 10.1 Å². The van der Waals surface area contributed by atoms with Crippen molar-refractivity contribution in [1.29, 1.82) is 0 Å². The van der Waals surface area contributed by atoms with E-state index in [0.717, 1.165) is 0 Å². The van der Waals surface area contributed by atoms with E-state index in [1.807, 2.05) is 6.92 Å². The van der Waals surface area contributed by atoms with Crippen molar-refractivity contribution in [2.45, 2.75) is 18.6 Å². The number of nitrogens with zero attached hydrogens (tertiary/aromatic N) is 2. The SMILES string of the molecule is CCN1C(=O)CC(C(=O)Nc2ccc(OC)cc2)SC1=Nc1ccc(F)cc1. The predicted molar refractivity (Wildman–Crippen MR) is 109 cm³/mol. The smallest absolute Gasteiger partial charge is 0.238 e. The van der Waals surface area contributed by atoms with Crippen molar-refractivity contribution in [3.8, 4) is 5.75 Å². The molecule has 0 aliphatic carbocycles. The maximum absolute atomic E-state index is 13.1. The molecule has 0 spiro atoms. The van der Waals surface area contributed by atoms with Gasteiger partial charge in [-0.1, -0.05) is 11.8 Å². The first-order valence-electron chi connectivity index (χ1n) is 8.76. The van der Waals surface area contributed by atoms with E-state index in [4.69, 9.17) is 4.74 Å². The van der Waals surface area contributed by atoms with Crippen LogP contribution >= 0.6 is 11.8 Å². The minimum Gasteiger partial charge on any atom is -0.497 e. The van der Waals surface area contributed by atoms with E-state index >= 15 is 0 Å². The zero-order valence-corrected chi connectivity index (χ0v) is 16.3. The number of carbonyl (C=O) groups is 2. The molecule has 1 fully saturated rings. The Morgan fingerprint density at radius 3 is 2.54 bits per heavy atom. The molecule has 3 rings (SSSR count). The molecule has 0 radical (unpaired) electrons. The van der Waals surface area contributed by atoms with Crippen LogP contribution < -0.4 is 10.1 Å². The highest BCUT2D eigenvalue weighted by Gasteiger charge is 2.35. The second-order valence-corrected chi connectivity index (χ2v) is 7.21. The van der Waals surface area contributed by atoms with Crippen molar-refractivity contribution in [3.63, 3.8) is 0 Å². The van der Waals surface area contributed by atoms with E-state index in [1.165, 1.54) is 40.9 Å². The fourth-order valence-corrected chi connectivity index (χ4v) is 3.84. The molecule has 1 heterocycles. The Morgan fingerprint density at radius 1 is 1.25 bits per heavy atom. The van der Waals surface area contributed by atoms with E-state index in [2.05, 4.69) is 10.3 Å². The number of rotatable bonds is 5. The summed E-state index contributed by atoms with van der Waals surface area (Å²) < 4.78 is 18.2. The second-order valence-electron chi connectivity index (χ2n) is 6.04. The van der Waals surface area contributed by atoms with Crippen molar-refractivity contribution in [3.05, 3.63) is 54.3 Å². The molecule has 0 saturated carbocycles. The molecule has 2 aromatic carbocycles. The van der Waals surface area contributed by atoms with Gasteiger partial charge in [0.1, 0.15) is 16.8 Å². The number of halogens is 1. The first-order valence-corrected chi connectivity index (χ1v) is 9.64. The van der Waals surface area contributed by atoms with Gasteiger partial charge in [-0.3, -0.25) is 14.5 Å². The summed E-state index contributed by atoms with van der Waals surface area (Å²) in [5.74, 6) is -0.115. The number of amides is 2. The minimum absolute atomic E-state index is 0.0862. The number of benzene rings is 2. The molecular formula is C20H20FN3O3S. The van der Waals surface area contributed by atoms with Crippen LogP contribution in [0.15, 0.2) is 53.5 Å². The fraction of sp³-hybridized carbons (Fsp3) is 0.250. The number of carbonyl (C=O) groups excluding carboxylic acids is 2. The number of anilines is 1. The monoisotopic (exact) mass is 401 g/mol. The molecule has 2 amide bonds. The summed E-state index contributed by atoms with van der Waals surface area (Å²) in [5, 5.41) is 2.65. The molecule has 1 aliphatic heterocycles. The molecule has 146 valence electrons. The van der Waals surface area contributed by atoms with Crippen molar-refractivity contribution in [2.24, 2.45) is 4.99 Å². The molecule has 1 N–H and O–H groups in total. The Morgan fingerprint density at radius 2 is 1.93 bits per heavy atom. The Kier molecular flexibility index (Phi) is 6.30. The lowest BCUT2D eigenvalue weighted by molar-refractivity contribution is -0.129. The number of ether oxygens (including phenoxy) is 1. The van der Waals surface area contributed by atoms with Crippen molar-refractivity contribution in [1.82, 2.24) is 4.90 Å². The zero-order valence-electron chi connectivity index (χ0n) is 15.5. The van der Waals surface area contributed by atoms with E-state index in [1.54, 1.807) is 31.4 Å². The zero-order chi connectivity index (χ0) is 20.1. The third kappa shape index (κ3) is 4.69. The average Bonchev–Trinajstić information content (AvgIpc) is 2.70. The third-order valence-corrected chi connectivity index (χ3v) is 5.34. The third-order valence-electron chi connectivity index (χ3n) is 4.16. The summed E-state index contributed by atoms with van der Waals surface area (Å²) in [4.78, 5) is 31.2. The number of thioether (sulfide) groups is 1. The molecule has 6 nitrogen and oxygen atoms in total. The molecule has 0 bridgehead atoms. The van der Waals surface area contributed by atoms with Crippen molar-refractivity contribution in [2.75, 3.05) is 19.0 Å². The van der Waals surface area contributed by atoms with Gasteiger partial charge in [0, 0.05) is 18.7 Å². The highest BCUT2D eigenvalue weighted by atomic mass is 32.2. The standard InChI is InChI=1S/C20H20FN3O3S/c1-3-24-18(25)12-17(19(26)22-14-8-10-16(27-2)11-9-14)28-20(24)23-15-6-4-13(21)5-7-15/h4-11,17H,3,12H2,1-2H3,(H,22,26). The first-order chi connectivity index (χ1) is 13.5. The molecule has 8 heteroatoms. The van der Waals surface area contributed by atoms with Gasteiger partial charge in [-0.05, 0) is 55.5 Å². The number of hydrogen-bond donors (Lipinski definition) is 1. The lowest BCUT2D eigenvalue weighted by atomic mass is 10.2. The second kappa shape index (κ2) is 8.88. The summed E-state index contributed by atoms with van der Waals surface area (Å²) >= 11 is 1.23. The fourth-order valence-electron chi connectivity index (χ4n) is 2.68. The van der Waals surface area contributed by atoms with Gasteiger partial charge in [0.05, 0.1) is 12.8 Å². The topological polar surface area (TPSA) is 71.0 Å². The van der Waals surface area contributed by atoms with Gasteiger partial charge in [-0.2, -0.15) is 0 Å². The van der Waals surface area contributed by atoms with Gasteiger partial charge >= 0.3 is 0 Å². The molecule has 1 unspecified atom stereocenters. The van der Waals surface area contributed by atoms with Crippen molar-refractivity contribution >= 4 is 40.1 Å². The normalized spacial score (nSPS) is 18.2. The van der Waals surface area contributed by atoms with Crippen LogP contribution in [0.3, 0.4) is 0 Å². The summed E-state index contributed by atoms with van der Waals surface area (Å²) in [6.45, 7) is 2.29. The lowest BCUT2D eigenvalue weighted by Gasteiger charge is -2.30. The maximum Gasteiger partial charge on any atom is 0.238 e. The van der Waals surface area contributed by atoms with Crippen LogP contribution in [0.1, 0.15) is 13.3 Å². The van der Waals surface area contributed by atoms with E-state index in [-0.39, 0.29) is 24.1 Å². The van der Waals surface area contributed by atoms with Crippen LogP contribution in [0.4, 0.5) is 15.8 Å². The number of hydrogen-bond acceptors (Lipinski definition) is 5. The Hall–Kier alpha value is -2.87. The lowest BCUT2D eigenvalue weighted by Crippen LogP contribution is -2.45. The van der Waals surface area contributed by atoms with Crippen LogP contribution in [0.25, 0.3) is 0 Å². The highest BCUT2D eigenvalue weighted by molar-refractivity contribution is 8.15. The first kappa shape index (κ1) is 19.9. The van der Waals surface area contributed by atoms with E-state index in [9.17, 15) is 14.0 Å².